The van der Waals surface area contributed by atoms with Crippen LogP contribution in [0.2, 0.25) is 0 Å². The Labute approximate surface area is 495 Å². The van der Waals surface area contributed by atoms with Crippen molar-refractivity contribution in [3.63, 3.8) is 0 Å². The first kappa shape index (κ1) is 78.2. The van der Waals surface area contributed by atoms with Gasteiger partial charge >= 0.3 is 0 Å². The van der Waals surface area contributed by atoms with Gasteiger partial charge in [0, 0.05) is 26.4 Å². The van der Waals surface area contributed by atoms with Crippen molar-refractivity contribution >= 4 is 0 Å². The molecule has 472 valence electrons. The second-order valence-corrected chi connectivity index (χ2v) is 23.8. The third-order valence-electron chi connectivity index (χ3n) is 15.7. The predicted molar refractivity (Wildman–Crippen MR) is 344 cm³/mol. The Hall–Kier alpha value is -0.800. The smallest absolute Gasteiger partial charge is 0.180 e. The van der Waals surface area contributed by atoms with Crippen molar-refractivity contribution in [2.75, 3.05) is 39.6 Å². The van der Waals surface area contributed by atoms with E-state index >= 15 is 0 Å². The molecule has 0 aromatic carbocycles. The van der Waals surface area contributed by atoms with Gasteiger partial charge in [-0.1, -0.05) is 298 Å². The standard InChI is InChI=1S/C72H142O7/c1-7-13-19-25-41-47-57-67-77-71(61-51-45-39-35-31-27-29-33-37-43-49-59-69(73-63-53-21-15-9-3)74-64-54-22-16-10-4)79-72(78-68-58-48-42-26-20-14-8-2)62-52-46-40-36-32-28-30-34-38-44-50-60-70(75-65-55-23-17-11-5)76-66-56-24-18-12-6/h51-52,61-62,69-72H,7-50,53-60,63-68H2,1-6H3. The SMILES string of the molecule is CCCCCCCCCOC(C=CCCCCCCCCCCCC(OCCCCCC)OCCCCCC)OC(C=CCCCCCCCCCCCC(OCCCCCC)OCCCCCC)OCCCCCCCCC. The molecule has 0 aliphatic heterocycles. The highest BCUT2D eigenvalue weighted by molar-refractivity contribution is 4.90. The lowest BCUT2D eigenvalue weighted by Gasteiger charge is -2.22. The predicted octanol–water partition coefficient (Wildman–Crippen LogP) is 23.9. The molecule has 0 bridgehead atoms. The topological polar surface area (TPSA) is 64.6 Å². The summed E-state index contributed by atoms with van der Waals surface area (Å²) in [4.78, 5) is 0. The minimum absolute atomic E-state index is 0.00473. The number of unbranched alkanes of at least 4 members (excludes halogenated alkanes) is 42. The summed E-state index contributed by atoms with van der Waals surface area (Å²) in [5, 5.41) is 0. The Morgan fingerprint density at radius 3 is 0.684 bits per heavy atom. The van der Waals surface area contributed by atoms with Crippen LogP contribution in [0.4, 0.5) is 0 Å². The molecule has 0 amide bonds. The second kappa shape index (κ2) is 69.7. The third-order valence-corrected chi connectivity index (χ3v) is 15.7. The third kappa shape index (κ3) is 63.1. The Bertz CT molecular complexity index is 1030. The van der Waals surface area contributed by atoms with Crippen molar-refractivity contribution in [3.05, 3.63) is 24.3 Å². The molecule has 0 aromatic rings. The van der Waals surface area contributed by atoms with Gasteiger partial charge in [-0.25, -0.2) is 0 Å². The summed E-state index contributed by atoms with van der Waals surface area (Å²) >= 11 is 0. The lowest BCUT2D eigenvalue weighted by atomic mass is 10.1. The number of allylic oxidation sites excluding steroid dienone is 2. The van der Waals surface area contributed by atoms with Crippen LogP contribution in [0, 0.1) is 0 Å². The lowest BCUT2D eigenvalue weighted by Crippen LogP contribution is -2.25. The molecule has 0 aromatic heterocycles. The average molecular weight is 1120 g/mol. The van der Waals surface area contributed by atoms with E-state index in [1.54, 1.807) is 0 Å². The maximum absolute atomic E-state index is 6.67. The number of hydrogen-bond acceptors (Lipinski definition) is 7. The van der Waals surface area contributed by atoms with E-state index in [0.29, 0.717) is 0 Å². The van der Waals surface area contributed by atoms with Crippen LogP contribution < -0.4 is 0 Å². The molecule has 2 unspecified atom stereocenters. The summed E-state index contributed by atoms with van der Waals surface area (Å²) < 4.78 is 44.5. The van der Waals surface area contributed by atoms with E-state index in [4.69, 9.17) is 33.2 Å². The number of hydrogen-bond donors (Lipinski definition) is 0. The lowest BCUT2D eigenvalue weighted by molar-refractivity contribution is -0.208. The van der Waals surface area contributed by atoms with E-state index in [1.165, 1.54) is 270 Å². The minimum Gasteiger partial charge on any atom is -0.353 e. The van der Waals surface area contributed by atoms with Crippen LogP contribution in [-0.2, 0) is 33.2 Å². The maximum Gasteiger partial charge on any atom is 0.180 e. The molecule has 0 saturated heterocycles. The fraction of sp³-hybridized carbons (Fsp3) is 0.944. The van der Waals surface area contributed by atoms with E-state index in [1.807, 2.05) is 0 Å². The Kier molecular flexibility index (Phi) is 69.0. The van der Waals surface area contributed by atoms with Gasteiger partial charge in [-0.3, -0.25) is 0 Å². The van der Waals surface area contributed by atoms with Gasteiger partial charge in [0.2, 0.25) is 0 Å². The first-order chi connectivity index (χ1) is 39.1. The summed E-state index contributed by atoms with van der Waals surface area (Å²) in [6.07, 6.45) is 73.8. The van der Waals surface area contributed by atoms with E-state index in [9.17, 15) is 0 Å². The molecule has 0 N–H and O–H groups in total. The Morgan fingerprint density at radius 1 is 0.215 bits per heavy atom. The van der Waals surface area contributed by atoms with Crippen LogP contribution in [0.1, 0.15) is 375 Å². The first-order valence-electron chi connectivity index (χ1n) is 35.8. The van der Waals surface area contributed by atoms with E-state index in [-0.39, 0.29) is 25.2 Å². The highest BCUT2D eigenvalue weighted by atomic mass is 16.8. The molecule has 0 saturated carbocycles. The molecule has 0 aliphatic rings. The second-order valence-electron chi connectivity index (χ2n) is 23.8. The van der Waals surface area contributed by atoms with Crippen molar-refractivity contribution < 1.29 is 33.2 Å². The highest BCUT2D eigenvalue weighted by Crippen LogP contribution is 2.19. The molecule has 0 rings (SSSR count). The average Bonchev–Trinajstić information content (AvgIpc) is 3.45. The van der Waals surface area contributed by atoms with Crippen LogP contribution in [-0.4, -0.2) is 64.8 Å². The van der Waals surface area contributed by atoms with Crippen LogP contribution in [0.15, 0.2) is 24.3 Å². The monoisotopic (exact) mass is 1120 g/mol. The number of rotatable bonds is 70. The van der Waals surface area contributed by atoms with Gasteiger partial charge in [0.1, 0.15) is 0 Å². The van der Waals surface area contributed by atoms with Crippen molar-refractivity contribution in [1.82, 2.24) is 0 Å². The van der Waals surface area contributed by atoms with Crippen molar-refractivity contribution in [2.45, 2.75) is 401 Å². The maximum atomic E-state index is 6.67. The van der Waals surface area contributed by atoms with Gasteiger partial charge in [-0.2, -0.15) is 0 Å². The normalized spacial score (nSPS) is 13.0. The van der Waals surface area contributed by atoms with Gasteiger partial charge in [-0.15, -0.1) is 0 Å². The summed E-state index contributed by atoms with van der Waals surface area (Å²) in [6, 6.07) is 0. The summed E-state index contributed by atoms with van der Waals surface area (Å²) in [7, 11) is 0. The van der Waals surface area contributed by atoms with Crippen LogP contribution in [0.5, 0.6) is 0 Å². The summed E-state index contributed by atoms with van der Waals surface area (Å²) in [5.74, 6) is 0. The molecule has 0 spiro atoms. The van der Waals surface area contributed by atoms with Crippen LogP contribution in [0.25, 0.3) is 0 Å². The molecular weight excluding hydrogens is 977 g/mol. The Morgan fingerprint density at radius 2 is 0.418 bits per heavy atom. The van der Waals surface area contributed by atoms with Crippen molar-refractivity contribution in [2.24, 2.45) is 0 Å². The molecule has 0 heterocycles. The molecule has 7 heteroatoms. The summed E-state index contributed by atoms with van der Waals surface area (Å²) in [6.45, 7) is 18.5. The van der Waals surface area contributed by atoms with Crippen molar-refractivity contribution in [1.29, 1.82) is 0 Å². The van der Waals surface area contributed by atoms with Gasteiger partial charge in [0.05, 0.1) is 13.2 Å². The zero-order valence-corrected chi connectivity index (χ0v) is 54.5. The van der Waals surface area contributed by atoms with Crippen LogP contribution in [0.3, 0.4) is 0 Å². The van der Waals surface area contributed by atoms with Gasteiger partial charge in [-0.05, 0) is 102 Å². The molecule has 0 radical (unpaired) electrons. The van der Waals surface area contributed by atoms with E-state index in [2.05, 4.69) is 65.8 Å². The zero-order chi connectivity index (χ0) is 57.1. The van der Waals surface area contributed by atoms with Gasteiger partial charge in [0.25, 0.3) is 0 Å². The van der Waals surface area contributed by atoms with Gasteiger partial charge < -0.3 is 33.2 Å². The quantitative estimate of drug-likeness (QED) is 0.0342. The fourth-order valence-electron chi connectivity index (χ4n) is 10.4. The Balaban J connectivity index is 4.93. The molecular formula is C72H142O7. The zero-order valence-electron chi connectivity index (χ0n) is 54.5. The molecule has 79 heavy (non-hydrogen) atoms. The van der Waals surface area contributed by atoms with Gasteiger partial charge in [0.15, 0.2) is 25.2 Å². The molecule has 2 atom stereocenters. The molecule has 7 nitrogen and oxygen atoms in total. The van der Waals surface area contributed by atoms with Crippen LogP contribution >= 0.6 is 0 Å². The minimum atomic E-state index is -0.377. The highest BCUT2D eigenvalue weighted by Gasteiger charge is 2.15. The summed E-state index contributed by atoms with van der Waals surface area (Å²) in [5.41, 5.74) is 0. The first-order valence-corrected chi connectivity index (χ1v) is 35.8. The molecule has 0 fully saturated rings. The van der Waals surface area contributed by atoms with Crippen molar-refractivity contribution in [3.8, 4) is 0 Å². The van der Waals surface area contributed by atoms with E-state index in [0.717, 1.165) is 104 Å². The largest absolute Gasteiger partial charge is 0.353 e. The van der Waals surface area contributed by atoms with E-state index < -0.39 is 0 Å². The molecule has 0 aliphatic carbocycles. The number of ether oxygens (including phenoxy) is 7. The fourth-order valence-corrected chi connectivity index (χ4v) is 10.4.